The fourth-order valence-corrected chi connectivity index (χ4v) is 3.28. The summed E-state index contributed by atoms with van der Waals surface area (Å²) in [6, 6.07) is 6.12. The van der Waals surface area contributed by atoms with Gasteiger partial charge in [-0.1, -0.05) is 17.3 Å². The van der Waals surface area contributed by atoms with Gasteiger partial charge >= 0.3 is 0 Å². The van der Waals surface area contributed by atoms with Crippen molar-refractivity contribution in [1.29, 1.82) is 0 Å². The zero-order valence-corrected chi connectivity index (χ0v) is 14.4. The highest BCUT2D eigenvalue weighted by Gasteiger charge is 2.26. The van der Waals surface area contributed by atoms with Gasteiger partial charge in [0.25, 0.3) is 5.91 Å². The van der Waals surface area contributed by atoms with Gasteiger partial charge in [-0.3, -0.25) is 9.48 Å². The minimum atomic E-state index is -0.0821. The van der Waals surface area contributed by atoms with E-state index in [1.165, 1.54) is 5.56 Å². The van der Waals surface area contributed by atoms with Gasteiger partial charge in [0, 0.05) is 25.2 Å². The molecule has 0 bridgehead atoms. The Morgan fingerprint density at radius 1 is 1.36 bits per heavy atom. The number of aryl methyl sites for hydroxylation is 3. The molecule has 1 amide bonds. The third kappa shape index (κ3) is 2.71. The number of carbonyl (C=O) groups excluding carboxylic acids is 1. The van der Waals surface area contributed by atoms with Crippen molar-refractivity contribution >= 4 is 5.91 Å². The number of nitrogens with zero attached hydrogens (tertiary/aromatic N) is 4. The lowest BCUT2D eigenvalue weighted by molar-refractivity contribution is 0.0936. The molecule has 7 nitrogen and oxygen atoms in total. The lowest BCUT2D eigenvalue weighted by Crippen LogP contribution is -2.27. The van der Waals surface area contributed by atoms with Crippen molar-refractivity contribution in [3.8, 4) is 11.4 Å². The lowest BCUT2D eigenvalue weighted by Gasteiger charge is -2.14. The van der Waals surface area contributed by atoms with Crippen LogP contribution in [-0.4, -0.2) is 25.8 Å². The van der Waals surface area contributed by atoms with Crippen LogP contribution >= 0.6 is 0 Å². The Kier molecular flexibility index (Phi) is 3.63. The maximum absolute atomic E-state index is 12.5. The van der Waals surface area contributed by atoms with E-state index >= 15 is 0 Å². The monoisotopic (exact) mass is 337 g/mol. The molecule has 7 heteroatoms. The second-order valence-corrected chi connectivity index (χ2v) is 6.38. The number of amides is 1. The summed E-state index contributed by atoms with van der Waals surface area (Å²) in [6.45, 7) is 3.67. The molecular formula is C18H19N5O2. The first kappa shape index (κ1) is 15.6. The fourth-order valence-electron chi connectivity index (χ4n) is 3.28. The number of benzene rings is 1. The van der Waals surface area contributed by atoms with Gasteiger partial charge in [-0.05, 0) is 37.0 Å². The predicted molar refractivity (Wildman–Crippen MR) is 90.9 cm³/mol. The van der Waals surface area contributed by atoms with Crippen LogP contribution in [0.3, 0.4) is 0 Å². The molecule has 4 rings (SSSR count). The van der Waals surface area contributed by atoms with Gasteiger partial charge in [-0.15, -0.1) is 0 Å². The van der Waals surface area contributed by atoms with Gasteiger partial charge in [-0.2, -0.15) is 10.1 Å². The average Bonchev–Trinajstić information content (AvgIpc) is 3.28. The van der Waals surface area contributed by atoms with Gasteiger partial charge < -0.3 is 9.84 Å². The number of nitrogens with one attached hydrogen (secondary N) is 1. The maximum atomic E-state index is 12.5. The van der Waals surface area contributed by atoms with E-state index in [1.807, 2.05) is 26.1 Å². The van der Waals surface area contributed by atoms with Crippen molar-refractivity contribution in [3.63, 3.8) is 0 Å². The van der Waals surface area contributed by atoms with Crippen molar-refractivity contribution in [2.24, 2.45) is 7.05 Å². The first-order valence-corrected chi connectivity index (χ1v) is 8.26. The summed E-state index contributed by atoms with van der Waals surface area (Å²) < 4.78 is 6.75. The molecule has 2 aromatic heterocycles. The number of rotatable bonds is 3. The fraction of sp³-hybridized carbons (Fsp3) is 0.333. The van der Waals surface area contributed by atoms with Crippen LogP contribution in [0.1, 0.15) is 45.5 Å². The van der Waals surface area contributed by atoms with Crippen molar-refractivity contribution in [3.05, 3.63) is 52.7 Å². The zero-order chi connectivity index (χ0) is 17.6. The number of hydrogen-bond acceptors (Lipinski definition) is 5. The van der Waals surface area contributed by atoms with Crippen LogP contribution in [0.25, 0.3) is 11.4 Å². The molecule has 128 valence electrons. The highest BCUT2D eigenvalue weighted by atomic mass is 16.5. The molecule has 1 unspecified atom stereocenters. The van der Waals surface area contributed by atoms with Gasteiger partial charge in [0.15, 0.2) is 0 Å². The van der Waals surface area contributed by atoms with Crippen molar-refractivity contribution < 1.29 is 9.32 Å². The molecule has 0 fully saturated rings. The maximum Gasteiger partial charge on any atom is 0.255 e. The molecule has 0 aliphatic heterocycles. The summed E-state index contributed by atoms with van der Waals surface area (Å²) in [7, 11) is 1.83. The lowest BCUT2D eigenvalue weighted by atomic mass is 10.0. The third-order valence-corrected chi connectivity index (χ3v) is 4.79. The molecule has 25 heavy (non-hydrogen) atoms. The van der Waals surface area contributed by atoms with Crippen LogP contribution in [0.2, 0.25) is 0 Å². The molecule has 0 saturated carbocycles. The quantitative estimate of drug-likeness (QED) is 0.793. The minimum absolute atomic E-state index is 0.0168. The molecule has 0 spiro atoms. The molecule has 1 aliphatic rings. The van der Waals surface area contributed by atoms with Crippen LogP contribution in [0.15, 0.2) is 28.9 Å². The van der Waals surface area contributed by atoms with E-state index < -0.39 is 0 Å². The summed E-state index contributed by atoms with van der Waals surface area (Å²) in [4.78, 5) is 16.8. The summed E-state index contributed by atoms with van der Waals surface area (Å²) in [5.74, 6) is 1.06. The van der Waals surface area contributed by atoms with Crippen LogP contribution < -0.4 is 5.32 Å². The first-order valence-electron chi connectivity index (χ1n) is 8.26. The average molecular weight is 337 g/mol. The van der Waals surface area contributed by atoms with E-state index in [0.29, 0.717) is 17.3 Å². The van der Waals surface area contributed by atoms with E-state index in [4.69, 9.17) is 4.52 Å². The third-order valence-electron chi connectivity index (χ3n) is 4.79. The van der Waals surface area contributed by atoms with Gasteiger partial charge in [0.1, 0.15) is 0 Å². The van der Waals surface area contributed by atoms with Crippen LogP contribution in [-0.2, 0) is 13.5 Å². The Balaban J connectivity index is 1.56. The molecule has 1 aromatic carbocycles. The largest absolute Gasteiger partial charge is 0.345 e. The topological polar surface area (TPSA) is 85.8 Å². The summed E-state index contributed by atoms with van der Waals surface area (Å²) in [6.07, 6.45) is 3.41. The van der Waals surface area contributed by atoms with Crippen LogP contribution in [0, 0.1) is 13.8 Å². The van der Waals surface area contributed by atoms with E-state index in [2.05, 4.69) is 26.6 Å². The molecule has 1 atom stereocenters. The summed E-state index contributed by atoms with van der Waals surface area (Å²) >= 11 is 0. The van der Waals surface area contributed by atoms with Gasteiger partial charge in [-0.25, -0.2) is 0 Å². The SMILES string of the molecule is Cc1nc(-c2ccc3c(c2)CCC3NC(=O)c2cnn(C)c2C)no1. The Morgan fingerprint density at radius 3 is 2.88 bits per heavy atom. The molecule has 1 N–H and O–H groups in total. The van der Waals surface area contributed by atoms with Crippen molar-refractivity contribution in [1.82, 2.24) is 25.2 Å². The van der Waals surface area contributed by atoms with E-state index in [1.54, 1.807) is 17.8 Å². The van der Waals surface area contributed by atoms with Crippen molar-refractivity contribution in [2.45, 2.75) is 32.7 Å². The van der Waals surface area contributed by atoms with E-state index in [0.717, 1.165) is 29.7 Å². The van der Waals surface area contributed by atoms with Gasteiger partial charge in [0.2, 0.25) is 11.7 Å². The molecule has 0 radical (unpaired) electrons. The normalized spacial score (nSPS) is 16.0. The number of hydrogen-bond donors (Lipinski definition) is 1. The minimum Gasteiger partial charge on any atom is -0.345 e. The predicted octanol–water partition coefficient (Wildman–Crippen LogP) is 2.50. The van der Waals surface area contributed by atoms with Crippen molar-refractivity contribution in [2.75, 3.05) is 0 Å². The number of carbonyl (C=O) groups is 1. The smallest absolute Gasteiger partial charge is 0.255 e. The van der Waals surface area contributed by atoms with Crippen LogP contribution in [0.4, 0.5) is 0 Å². The molecule has 2 heterocycles. The standard InChI is InChI=1S/C18H19N5O2/c1-10-15(9-19-23(10)3)18(24)21-16-7-5-12-8-13(4-6-14(12)16)17-20-11(2)25-22-17/h4,6,8-9,16H,5,7H2,1-3H3,(H,21,24). The van der Waals surface area contributed by atoms with E-state index in [9.17, 15) is 4.79 Å². The molecule has 3 aromatic rings. The second-order valence-electron chi connectivity index (χ2n) is 6.38. The Labute approximate surface area is 145 Å². The van der Waals surface area contributed by atoms with E-state index in [-0.39, 0.29) is 11.9 Å². The number of fused-ring (bicyclic) bond motifs is 1. The Hall–Kier alpha value is -2.96. The number of aromatic nitrogens is 4. The Morgan fingerprint density at radius 2 is 2.20 bits per heavy atom. The zero-order valence-electron chi connectivity index (χ0n) is 14.4. The second kappa shape index (κ2) is 5.84. The van der Waals surface area contributed by atoms with Gasteiger partial charge in [0.05, 0.1) is 17.8 Å². The Bertz CT molecular complexity index is 956. The summed E-state index contributed by atoms with van der Waals surface area (Å²) in [5.41, 5.74) is 4.78. The van der Waals surface area contributed by atoms with Crippen LogP contribution in [0.5, 0.6) is 0 Å². The molecule has 1 aliphatic carbocycles. The summed E-state index contributed by atoms with van der Waals surface area (Å²) in [5, 5.41) is 11.2. The first-order chi connectivity index (χ1) is 12.0. The molecule has 0 saturated heterocycles. The highest BCUT2D eigenvalue weighted by Crippen LogP contribution is 2.34. The highest BCUT2D eigenvalue weighted by molar-refractivity contribution is 5.95. The molecular weight excluding hydrogens is 318 g/mol.